The summed E-state index contributed by atoms with van der Waals surface area (Å²) in [6.45, 7) is -3.80. The first-order chi connectivity index (χ1) is 32.3. The number of ether oxygens (including phenoxy) is 7. The highest BCUT2D eigenvalue weighted by atomic mass is 19.4. The van der Waals surface area contributed by atoms with Crippen LogP contribution < -0.4 is 0 Å². The minimum absolute atomic E-state index is 0.0322. The van der Waals surface area contributed by atoms with Gasteiger partial charge in [-0.25, -0.2) is 0 Å². The highest BCUT2D eigenvalue weighted by Crippen LogP contribution is 2.70. The molecule has 0 aromatic heterocycles. The van der Waals surface area contributed by atoms with E-state index in [0.717, 1.165) is 0 Å². The maximum absolute atomic E-state index is 14.2. The van der Waals surface area contributed by atoms with Crippen LogP contribution in [0.4, 0.5) is 145 Å². The summed E-state index contributed by atoms with van der Waals surface area (Å²) in [6, 6.07) is 0. The summed E-state index contributed by atoms with van der Waals surface area (Å²) in [5.41, 5.74) is 0. The zero-order valence-corrected chi connectivity index (χ0v) is 35.1. The smallest absolute Gasteiger partial charge is 0.394 e. The summed E-state index contributed by atoms with van der Waals surface area (Å²) in [7, 11) is 0. The summed E-state index contributed by atoms with van der Waals surface area (Å²) in [5, 5.41) is 8.52. The van der Waals surface area contributed by atoms with E-state index >= 15 is 0 Å². The van der Waals surface area contributed by atoms with E-state index in [9.17, 15) is 145 Å². The zero-order chi connectivity index (χ0) is 58.3. The van der Waals surface area contributed by atoms with Crippen molar-refractivity contribution in [1.29, 1.82) is 0 Å². The maximum atomic E-state index is 14.2. The average molecular weight is 1170 g/mol. The van der Waals surface area contributed by atoms with E-state index in [0.29, 0.717) is 0 Å². The SMILES string of the molecule is OCCOCCOCCOCCOCCOCCOCCOCCC(F)(F)C(F)(F)C(F)(F)C(F)(F)C(F)(F)C(F)(F)C(F)(F)C(F)(F)C(F)(F)C(F)(F)C(F)(F)C(F)(F)C(F)(F)C(F)(F)C(F)(F)C(F)(F)F. The quantitative estimate of drug-likeness (QED) is 0.0487. The van der Waals surface area contributed by atoms with Crippen molar-refractivity contribution in [1.82, 2.24) is 0 Å². The first-order valence-electron chi connectivity index (χ1n) is 18.7. The van der Waals surface area contributed by atoms with Gasteiger partial charge in [0.15, 0.2) is 0 Å². The van der Waals surface area contributed by atoms with E-state index in [4.69, 9.17) is 33.5 Å². The average Bonchev–Trinajstić information content (AvgIpc) is 3.23. The molecule has 0 aliphatic rings. The van der Waals surface area contributed by atoms with E-state index in [1.807, 2.05) is 0 Å². The van der Waals surface area contributed by atoms with Gasteiger partial charge in [0.25, 0.3) is 0 Å². The van der Waals surface area contributed by atoms with E-state index < -0.39 is 128 Å². The predicted octanol–water partition coefficient (Wildman–Crippen LogP) is 10.6. The van der Waals surface area contributed by atoms with Gasteiger partial charge in [-0.05, 0) is 0 Å². The second-order valence-electron chi connectivity index (χ2n) is 14.0. The zero-order valence-electron chi connectivity index (χ0n) is 35.1. The van der Waals surface area contributed by atoms with Gasteiger partial charge in [0, 0.05) is 6.42 Å². The Balaban J connectivity index is 5.97. The molecule has 0 saturated carbocycles. The van der Waals surface area contributed by atoms with Crippen LogP contribution in [-0.4, -0.2) is 199 Å². The van der Waals surface area contributed by atoms with Crippen LogP contribution in [0.1, 0.15) is 6.42 Å². The molecule has 0 aromatic carbocycles. The number of hydrogen-bond acceptors (Lipinski definition) is 8. The molecule has 0 amide bonds. The fourth-order valence-corrected chi connectivity index (χ4v) is 4.62. The minimum Gasteiger partial charge on any atom is -0.394 e. The van der Waals surface area contributed by atoms with Gasteiger partial charge in [0.2, 0.25) is 0 Å². The molecule has 0 aliphatic carbocycles. The predicted molar refractivity (Wildman–Crippen MR) is 168 cm³/mol. The Morgan fingerprint density at radius 1 is 0.192 bits per heavy atom. The molecule has 0 radical (unpaired) electrons. The minimum atomic E-state index is -10.2. The van der Waals surface area contributed by atoms with Crippen molar-refractivity contribution in [3.63, 3.8) is 0 Å². The van der Waals surface area contributed by atoms with Crippen LogP contribution in [0.2, 0.25) is 0 Å². The maximum Gasteiger partial charge on any atom is 0.460 e. The number of aliphatic hydroxyl groups is 1. The van der Waals surface area contributed by atoms with Crippen molar-refractivity contribution in [2.24, 2.45) is 0 Å². The van der Waals surface area contributed by atoms with Crippen LogP contribution in [0.5, 0.6) is 0 Å². The van der Waals surface area contributed by atoms with Crippen LogP contribution in [-0.2, 0) is 33.2 Å². The molecule has 0 saturated heterocycles. The van der Waals surface area contributed by atoms with E-state index in [1.54, 1.807) is 0 Å². The molecule has 440 valence electrons. The van der Waals surface area contributed by atoms with Crippen molar-refractivity contribution in [3.8, 4) is 0 Å². The van der Waals surface area contributed by atoms with Gasteiger partial charge in [-0.15, -0.1) is 0 Å². The number of hydrogen-bond donors (Lipinski definition) is 1. The first kappa shape index (κ1) is 70.4. The molecule has 0 spiro atoms. The largest absolute Gasteiger partial charge is 0.460 e. The molecule has 1 N–H and O–H groups in total. The second-order valence-corrected chi connectivity index (χ2v) is 14.0. The summed E-state index contributed by atoms with van der Waals surface area (Å²) in [5.74, 6) is -143. The molecule has 0 bridgehead atoms. The third kappa shape index (κ3) is 12.7. The van der Waals surface area contributed by atoms with Crippen molar-refractivity contribution < 1.29 is 183 Å². The monoisotopic (exact) mass is 1170 g/mol. The molecule has 73 heavy (non-hydrogen) atoms. The lowest BCUT2D eigenvalue weighted by Gasteiger charge is -2.47. The van der Waals surface area contributed by atoms with Gasteiger partial charge in [-0.1, -0.05) is 0 Å². The van der Waals surface area contributed by atoms with Crippen molar-refractivity contribution in [2.75, 3.05) is 99.1 Å². The topological polar surface area (TPSA) is 84.8 Å². The molecule has 0 aliphatic heterocycles. The van der Waals surface area contributed by atoms with Crippen LogP contribution in [0, 0.1) is 0 Å². The van der Waals surface area contributed by atoms with Crippen molar-refractivity contribution >= 4 is 0 Å². The number of halogens is 33. The second kappa shape index (κ2) is 23.9. The molecule has 0 atom stereocenters. The summed E-state index contributed by atoms with van der Waals surface area (Å²) in [6.07, 6.45) is -11.6. The fourth-order valence-electron chi connectivity index (χ4n) is 4.62. The highest BCUT2D eigenvalue weighted by Gasteiger charge is 3.01. The van der Waals surface area contributed by atoms with Gasteiger partial charge >= 0.3 is 95.0 Å². The van der Waals surface area contributed by atoms with Crippen LogP contribution in [0.3, 0.4) is 0 Å². The van der Waals surface area contributed by atoms with Gasteiger partial charge in [-0.3, -0.25) is 0 Å². The van der Waals surface area contributed by atoms with E-state index in [-0.39, 0.29) is 72.7 Å². The van der Waals surface area contributed by atoms with Crippen LogP contribution >= 0.6 is 0 Å². The fraction of sp³-hybridized carbons (Fsp3) is 1.00. The normalized spacial score (nSPS) is 15.7. The highest BCUT2D eigenvalue weighted by molar-refractivity contribution is 5.22. The Morgan fingerprint density at radius 3 is 0.521 bits per heavy atom. The third-order valence-corrected chi connectivity index (χ3v) is 8.97. The summed E-state index contributed by atoms with van der Waals surface area (Å²) in [4.78, 5) is 0. The lowest BCUT2D eigenvalue weighted by Crippen LogP contribution is -2.80. The van der Waals surface area contributed by atoms with Crippen LogP contribution in [0.15, 0.2) is 0 Å². The van der Waals surface area contributed by atoms with Gasteiger partial charge < -0.3 is 38.3 Å². The van der Waals surface area contributed by atoms with E-state index in [1.165, 1.54) is 0 Å². The van der Waals surface area contributed by atoms with Crippen LogP contribution in [0.25, 0.3) is 0 Å². The molecule has 0 fully saturated rings. The van der Waals surface area contributed by atoms with Gasteiger partial charge in [0.05, 0.1) is 99.1 Å². The van der Waals surface area contributed by atoms with Gasteiger partial charge in [0.1, 0.15) is 0 Å². The van der Waals surface area contributed by atoms with Crippen molar-refractivity contribution in [3.05, 3.63) is 0 Å². The molecule has 0 heterocycles. The number of aliphatic hydroxyl groups excluding tert-OH is 1. The Morgan fingerprint density at radius 2 is 0.342 bits per heavy atom. The lowest BCUT2D eigenvalue weighted by molar-refractivity contribution is -0.491. The van der Waals surface area contributed by atoms with Gasteiger partial charge in [-0.2, -0.15) is 145 Å². The summed E-state index contributed by atoms with van der Waals surface area (Å²) >= 11 is 0. The molecule has 0 rings (SSSR count). The molecular weight excluding hydrogens is 1140 g/mol. The molecule has 41 heteroatoms. The molecular formula is C32H33F33O8. The molecule has 8 nitrogen and oxygen atoms in total. The Hall–Kier alpha value is -2.63. The Bertz CT molecular complexity index is 1670. The number of alkyl halides is 33. The number of rotatable bonds is 37. The Labute approximate surface area is 384 Å². The molecule has 0 unspecified atom stereocenters. The Kier molecular flexibility index (Phi) is 23.1. The lowest BCUT2D eigenvalue weighted by atomic mass is 9.82. The standard InChI is InChI=1S/C32H33F33O8/c33-17(34,1-3-67-5-7-69-9-11-71-13-15-73-16-14-72-12-10-70-8-6-68-4-2-66)18(35,36)19(37,38)20(39,40)21(41,42)22(43,44)23(45,46)24(47,48)25(49,50)26(51,52)27(53,54)28(55,56)29(57,58)30(59,60)31(61,62)32(63,64)65/h66H,1-16H2. The first-order valence-corrected chi connectivity index (χ1v) is 18.7. The van der Waals surface area contributed by atoms with E-state index in [2.05, 4.69) is 4.74 Å². The summed E-state index contributed by atoms with van der Waals surface area (Å²) < 4.78 is 488. The van der Waals surface area contributed by atoms with Crippen molar-refractivity contribution in [2.45, 2.75) is 101 Å². The third-order valence-electron chi connectivity index (χ3n) is 8.97. The molecule has 0 aromatic rings.